The minimum atomic E-state index is -2.00. The summed E-state index contributed by atoms with van der Waals surface area (Å²) in [6.07, 6.45) is 1.33. The molecular formula is C19H34ClNO2SSi. The maximum atomic E-state index is 12.0. The van der Waals surface area contributed by atoms with Crippen molar-refractivity contribution in [1.82, 2.24) is 0 Å². The van der Waals surface area contributed by atoms with Crippen LogP contribution < -0.4 is 0 Å². The highest BCUT2D eigenvalue weighted by Crippen LogP contribution is 2.39. The Labute approximate surface area is 163 Å². The molecule has 0 spiro atoms. The van der Waals surface area contributed by atoms with Crippen molar-refractivity contribution in [2.24, 2.45) is 4.40 Å². The van der Waals surface area contributed by atoms with Gasteiger partial charge in [0.05, 0.1) is 5.25 Å². The van der Waals surface area contributed by atoms with Gasteiger partial charge in [0.1, 0.15) is 17.1 Å². The third kappa shape index (κ3) is 8.16. The van der Waals surface area contributed by atoms with Gasteiger partial charge in [-0.05, 0) is 49.7 Å². The second-order valence-electron chi connectivity index (χ2n) is 7.43. The third-order valence-electron chi connectivity index (χ3n) is 4.11. The van der Waals surface area contributed by atoms with E-state index in [1.165, 1.54) is 0 Å². The van der Waals surface area contributed by atoms with Crippen LogP contribution in [0.15, 0.2) is 28.7 Å². The number of rotatable bonds is 6. The van der Waals surface area contributed by atoms with Crippen LogP contribution in [0.1, 0.15) is 60.1 Å². The van der Waals surface area contributed by atoms with Crippen LogP contribution in [0.25, 0.3) is 0 Å². The van der Waals surface area contributed by atoms with Gasteiger partial charge in [0, 0.05) is 11.2 Å². The van der Waals surface area contributed by atoms with Crippen molar-refractivity contribution in [2.75, 3.05) is 0 Å². The molecule has 0 aliphatic carbocycles. The van der Waals surface area contributed by atoms with E-state index < -0.39 is 19.3 Å². The van der Waals surface area contributed by atoms with Crippen molar-refractivity contribution in [1.29, 1.82) is 0 Å². The number of nitrogens with zero attached hydrogens (tertiary/aromatic N) is 1. The van der Waals surface area contributed by atoms with Gasteiger partial charge in [-0.2, -0.15) is 4.40 Å². The minimum absolute atomic E-state index is 0.0147. The predicted molar refractivity (Wildman–Crippen MR) is 116 cm³/mol. The first kappa shape index (κ1) is 24.5. The van der Waals surface area contributed by atoms with Crippen molar-refractivity contribution in [3.63, 3.8) is 0 Å². The van der Waals surface area contributed by atoms with Gasteiger partial charge in [0.25, 0.3) is 0 Å². The molecule has 3 nitrogen and oxygen atoms in total. The number of halogens is 1. The second-order valence-corrected chi connectivity index (χ2v) is 14.3. The molecule has 6 heteroatoms. The molecule has 1 aromatic rings. The average molecular weight is 404 g/mol. The summed E-state index contributed by atoms with van der Waals surface area (Å²) < 4.78 is 22.6. The molecule has 2 atom stereocenters. The predicted octanol–water partition coefficient (Wildman–Crippen LogP) is 6.57. The molecule has 1 aromatic carbocycles. The van der Waals surface area contributed by atoms with E-state index in [1.54, 1.807) is 6.21 Å². The molecule has 0 heterocycles. The maximum absolute atomic E-state index is 12.0. The van der Waals surface area contributed by atoms with E-state index in [0.717, 1.165) is 5.56 Å². The molecule has 0 aromatic heterocycles. The van der Waals surface area contributed by atoms with Crippen LogP contribution in [0.2, 0.25) is 23.2 Å². The fourth-order valence-electron chi connectivity index (χ4n) is 1.60. The molecule has 0 aliphatic rings. The molecule has 0 radical (unpaired) electrons. The molecule has 0 saturated heterocycles. The van der Waals surface area contributed by atoms with E-state index in [-0.39, 0.29) is 16.4 Å². The van der Waals surface area contributed by atoms with Gasteiger partial charge in [0.15, 0.2) is 8.32 Å². The van der Waals surface area contributed by atoms with Gasteiger partial charge >= 0.3 is 0 Å². The molecule has 0 saturated carbocycles. The standard InChI is InChI=1S/C17H28ClNO2SSi.C2H6/c1-13(2)22(20)19-12-16(14-9-8-10-15(18)11-14)21-23(6,7)17(3,4)5;1-2/h8-13,16H,1-7H3;1-2H3/t16-,22+;/m0./s1. The Morgan fingerprint density at radius 3 is 2.24 bits per heavy atom. The Kier molecular flexibility index (Phi) is 10.4. The van der Waals surface area contributed by atoms with Gasteiger partial charge in [-0.1, -0.05) is 58.4 Å². The van der Waals surface area contributed by atoms with Crippen LogP contribution in [-0.2, 0) is 15.4 Å². The first-order valence-corrected chi connectivity index (χ1v) is 13.3. The fourth-order valence-corrected chi connectivity index (χ4v) is 3.46. The van der Waals surface area contributed by atoms with Crippen LogP contribution in [0, 0.1) is 0 Å². The topological polar surface area (TPSA) is 38.7 Å². The molecule has 0 aliphatic heterocycles. The molecule has 25 heavy (non-hydrogen) atoms. The van der Waals surface area contributed by atoms with Crippen LogP contribution in [0.4, 0.5) is 0 Å². The lowest BCUT2D eigenvalue weighted by Crippen LogP contribution is -2.42. The number of benzene rings is 1. The Balaban J connectivity index is 0.00000277. The Morgan fingerprint density at radius 2 is 1.80 bits per heavy atom. The summed E-state index contributed by atoms with van der Waals surface area (Å²) in [7, 11) is -3.25. The number of hydrogen-bond donors (Lipinski definition) is 0. The zero-order valence-corrected chi connectivity index (χ0v) is 19.7. The minimum Gasteiger partial charge on any atom is -0.405 e. The van der Waals surface area contributed by atoms with Gasteiger partial charge in [-0.3, -0.25) is 0 Å². The highest BCUT2D eigenvalue weighted by atomic mass is 35.5. The van der Waals surface area contributed by atoms with E-state index >= 15 is 0 Å². The van der Waals surface area contributed by atoms with Gasteiger partial charge < -0.3 is 4.43 Å². The average Bonchev–Trinajstić information content (AvgIpc) is 2.51. The van der Waals surface area contributed by atoms with E-state index in [1.807, 2.05) is 52.0 Å². The van der Waals surface area contributed by atoms with Gasteiger partial charge in [0.2, 0.25) is 0 Å². The first-order valence-electron chi connectivity index (χ1n) is 8.82. The van der Waals surface area contributed by atoms with E-state index in [9.17, 15) is 4.21 Å². The van der Waals surface area contributed by atoms with Gasteiger partial charge in [-0.15, -0.1) is 0 Å². The lowest BCUT2D eigenvalue weighted by Gasteiger charge is -2.38. The zero-order chi connectivity index (χ0) is 19.8. The lowest BCUT2D eigenvalue weighted by atomic mass is 10.1. The molecule has 0 fully saturated rings. The summed E-state index contributed by atoms with van der Waals surface area (Å²) in [5, 5.41) is 0.721. The number of hydrogen-bond acceptors (Lipinski definition) is 2. The van der Waals surface area contributed by atoms with Gasteiger partial charge in [-0.25, -0.2) is 4.21 Å². The quantitative estimate of drug-likeness (QED) is 0.397. The molecule has 144 valence electrons. The summed E-state index contributed by atoms with van der Waals surface area (Å²) in [6, 6.07) is 7.57. The molecular weight excluding hydrogens is 370 g/mol. The summed E-state index contributed by atoms with van der Waals surface area (Å²) in [6.45, 7) is 18.7. The molecule has 0 bridgehead atoms. The molecule has 0 N–H and O–H groups in total. The maximum Gasteiger partial charge on any atom is 0.193 e. The monoisotopic (exact) mass is 403 g/mol. The van der Waals surface area contributed by atoms with E-state index in [0.29, 0.717) is 5.02 Å². The first-order chi connectivity index (χ1) is 11.4. The Bertz CT molecular complexity index is 583. The largest absolute Gasteiger partial charge is 0.405 e. The van der Waals surface area contributed by atoms with Crippen molar-refractivity contribution in [3.05, 3.63) is 34.9 Å². The molecule has 0 amide bonds. The lowest BCUT2D eigenvalue weighted by molar-refractivity contribution is 0.251. The smallest absolute Gasteiger partial charge is 0.193 e. The van der Waals surface area contributed by atoms with Crippen molar-refractivity contribution in [3.8, 4) is 0 Å². The Morgan fingerprint density at radius 1 is 1.24 bits per heavy atom. The van der Waals surface area contributed by atoms with E-state index in [4.69, 9.17) is 16.0 Å². The fraction of sp³-hybridized carbons (Fsp3) is 0.632. The summed E-state index contributed by atoms with van der Waals surface area (Å²) in [4.78, 5) is 0. The van der Waals surface area contributed by atoms with Crippen molar-refractivity contribution in [2.45, 2.75) is 78.0 Å². The van der Waals surface area contributed by atoms with E-state index in [2.05, 4.69) is 38.3 Å². The van der Waals surface area contributed by atoms with Crippen molar-refractivity contribution < 1.29 is 8.63 Å². The highest BCUT2D eigenvalue weighted by molar-refractivity contribution is 7.84. The zero-order valence-electron chi connectivity index (χ0n) is 17.1. The van der Waals surface area contributed by atoms with Crippen LogP contribution in [0.5, 0.6) is 0 Å². The molecule has 0 unspecified atom stereocenters. The molecule has 1 rings (SSSR count). The normalized spacial score (nSPS) is 15.0. The highest BCUT2D eigenvalue weighted by Gasteiger charge is 2.39. The summed E-state index contributed by atoms with van der Waals surface area (Å²) >= 11 is 6.11. The van der Waals surface area contributed by atoms with Crippen LogP contribution in [0.3, 0.4) is 0 Å². The Hall–Kier alpha value is -0.493. The van der Waals surface area contributed by atoms with Crippen LogP contribution in [-0.4, -0.2) is 24.0 Å². The third-order valence-corrected chi connectivity index (χ3v) is 9.94. The second kappa shape index (κ2) is 10.6. The SMILES string of the molecule is CC.CC(C)[S@@](=O)N=C[C@H](O[Si](C)(C)C(C)(C)C)c1cccc(Cl)c1. The summed E-state index contributed by atoms with van der Waals surface area (Å²) in [5.41, 5.74) is 0.937. The van der Waals surface area contributed by atoms with Crippen LogP contribution >= 0.6 is 11.6 Å². The van der Waals surface area contributed by atoms with Crippen molar-refractivity contribution >= 4 is 37.1 Å². The summed E-state index contributed by atoms with van der Waals surface area (Å²) in [5.74, 6) is 0.